The van der Waals surface area contributed by atoms with Gasteiger partial charge in [-0.3, -0.25) is 9.79 Å². The van der Waals surface area contributed by atoms with Crippen molar-refractivity contribution < 1.29 is 18.9 Å². The highest BCUT2D eigenvalue weighted by Gasteiger charge is 2.24. The van der Waals surface area contributed by atoms with Crippen molar-refractivity contribution in [3.63, 3.8) is 0 Å². The highest BCUT2D eigenvalue weighted by atomic mass is 31.2. The van der Waals surface area contributed by atoms with Gasteiger partial charge < -0.3 is 14.5 Å². The summed E-state index contributed by atoms with van der Waals surface area (Å²) in [5.74, 6) is 1.63. The van der Waals surface area contributed by atoms with E-state index in [2.05, 4.69) is 9.97 Å². The number of hydrogen-bond acceptors (Lipinski definition) is 8. The summed E-state index contributed by atoms with van der Waals surface area (Å²) in [5, 5.41) is 2.60. The largest absolute Gasteiger partial charge is 0.524 e. The molecular formula is C32H19N8O4P. The van der Waals surface area contributed by atoms with Gasteiger partial charge in [-0.1, -0.05) is 84.9 Å². The summed E-state index contributed by atoms with van der Waals surface area (Å²) < 4.78 is 17.1. The topological polar surface area (TPSA) is 176 Å². The highest BCUT2D eigenvalue weighted by Crippen LogP contribution is 2.43. The SMILES string of the molecule is O=P(O)(O)Oc1cccc2c3nc4nc(nc5[nH]c(nc6nc(nc([nH]3)c12)-c1ccccc1-6)c1ccccc51)-c1ccccc1-4. The van der Waals surface area contributed by atoms with Crippen LogP contribution >= 0.6 is 7.82 Å². The summed E-state index contributed by atoms with van der Waals surface area (Å²) in [7, 11) is -4.91. The molecule has 0 saturated carbocycles. The summed E-state index contributed by atoms with van der Waals surface area (Å²) in [6.45, 7) is 0. The summed E-state index contributed by atoms with van der Waals surface area (Å²) in [5.41, 5.74) is 4.89. The molecule has 45 heavy (non-hydrogen) atoms. The maximum Gasteiger partial charge on any atom is 0.524 e. The molecule has 2 aliphatic heterocycles. The fourth-order valence-electron chi connectivity index (χ4n) is 5.86. The van der Waals surface area contributed by atoms with Crippen LogP contribution < -0.4 is 4.52 Å². The fraction of sp³-hybridized carbons (Fsp3) is 0. The maximum absolute atomic E-state index is 12.0. The Kier molecular flexibility index (Phi) is 5.33. The molecule has 9 rings (SSSR count). The second kappa shape index (κ2) is 9.34. The van der Waals surface area contributed by atoms with Gasteiger partial charge in [0.25, 0.3) is 0 Å². The van der Waals surface area contributed by atoms with E-state index in [0.29, 0.717) is 51.0 Å². The van der Waals surface area contributed by atoms with Gasteiger partial charge in [-0.05, 0) is 6.07 Å². The van der Waals surface area contributed by atoms with Crippen LogP contribution in [-0.2, 0) is 4.57 Å². The first-order chi connectivity index (χ1) is 21.9. The van der Waals surface area contributed by atoms with Crippen molar-refractivity contribution >= 4 is 52.0 Å². The number of aromatic nitrogens is 8. The Balaban J connectivity index is 1.49. The molecule has 12 nitrogen and oxygen atoms in total. The minimum absolute atomic E-state index is 0.0583. The van der Waals surface area contributed by atoms with E-state index < -0.39 is 7.82 Å². The van der Waals surface area contributed by atoms with Crippen LogP contribution in [0.3, 0.4) is 0 Å². The number of aromatic amines is 2. The molecule has 3 aromatic heterocycles. The fourth-order valence-corrected chi connectivity index (χ4v) is 6.27. The predicted octanol–water partition coefficient (Wildman–Crippen LogP) is 6.34. The van der Waals surface area contributed by atoms with Crippen molar-refractivity contribution in [2.45, 2.75) is 0 Å². The average molecular weight is 611 g/mol. The zero-order chi connectivity index (χ0) is 30.3. The molecule has 2 aliphatic rings. The van der Waals surface area contributed by atoms with E-state index >= 15 is 0 Å². The molecule has 7 aromatic rings. The Bertz CT molecular complexity index is 2600. The minimum atomic E-state index is -4.91. The lowest BCUT2D eigenvalue weighted by Crippen LogP contribution is -1.91. The Morgan fingerprint density at radius 1 is 0.489 bits per heavy atom. The van der Waals surface area contributed by atoms with Gasteiger partial charge in [-0.25, -0.2) is 34.5 Å². The van der Waals surface area contributed by atoms with Crippen LogP contribution in [0.2, 0.25) is 0 Å². The molecule has 0 unspecified atom stereocenters. The molecule has 0 radical (unpaired) electrons. The normalized spacial score (nSPS) is 12.3. The number of fused-ring (bicyclic) bond motifs is 20. The molecule has 8 bridgehead atoms. The number of hydrogen-bond donors (Lipinski definition) is 4. The predicted molar refractivity (Wildman–Crippen MR) is 169 cm³/mol. The number of nitrogens with one attached hydrogen (secondary N) is 2. The van der Waals surface area contributed by atoms with E-state index in [1.54, 1.807) is 12.1 Å². The van der Waals surface area contributed by atoms with Crippen molar-refractivity contribution in [2.24, 2.45) is 0 Å². The molecular weight excluding hydrogens is 591 g/mol. The zero-order valence-electron chi connectivity index (χ0n) is 23.0. The van der Waals surface area contributed by atoms with Crippen LogP contribution in [0.1, 0.15) is 0 Å². The maximum atomic E-state index is 12.0. The van der Waals surface area contributed by atoms with Crippen molar-refractivity contribution in [2.75, 3.05) is 0 Å². The van der Waals surface area contributed by atoms with Gasteiger partial charge in [0.05, 0.1) is 5.39 Å². The van der Waals surface area contributed by atoms with Crippen LogP contribution in [0.25, 0.3) is 89.7 Å². The molecule has 0 aliphatic carbocycles. The summed E-state index contributed by atoms with van der Waals surface area (Å²) in [6, 6.07) is 28.0. The van der Waals surface area contributed by atoms with Gasteiger partial charge in [0.1, 0.15) is 28.3 Å². The molecule has 4 aromatic carbocycles. The lowest BCUT2D eigenvalue weighted by molar-refractivity contribution is 0.284. The third-order valence-corrected chi connectivity index (χ3v) is 8.19. The van der Waals surface area contributed by atoms with Gasteiger partial charge in [0.15, 0.2) is 23.3 Å². The van der Waals surface area contributed by atoms with E-state index in [1.807, 2.05) is 72.8 Å². The van der Waals surface area contributed by atoms with Gasteiger partial charge in [-0.2, -0.15) is 0 Å². The lowest BCUT2D eigenvalue weighted by atomic mass is 10.1. The molecule has 0 amide bonds. The number of rotatable bonds is 2. The summed E-state index contributed by atoms with van der Waals surface area (Å²) >= 11 is 0. The molecule has 0 saturated heterocycles. The number of nitrogens with zero attached hydrogens (tertiary/aromatic N) is 6. The van der Waals surface area contributed by atoms with Crippen molar-refractivity contribution in [1.29, 1.82) is 0 Å². The third kappa shape index (κ3) is 4.12. The lowest BCUT2D eigenvalue weighted by Gasteiger charge is -2.07. The smallest absolute Gasteiger partial charge is 0.403 e. The van der Waals surface area contributed by atoms with Gasteiger partial charge in [0, 0.05) is 38.4 Å². The monoisotopic (exact) mass is 610 g/mol. The van der Waals surface area contributed by atoms with Crippen LogP contribution in [0.15, 0.2) is 91.0 Å². The molecule has 0 fully saturated rings. The van der Waals surface area contributed by atoms with E-state index in [-0.39, 0.29) is 11.4 Å². The van der Waals surface area contributed by atoms with Crippen molar-refractivity contribution in [3.05, 3.63) is 91.0 Å². The van der Waals surface area contributed by atoms with E-state index in [1.165, 1.54) is 6.07 Å². The molecule has 216 valence electrons. The molecule has 0 atom stereocenters. The number of H-pyrrole nitrogens is 2. The van der Waals surface area contributed by atoms with E-state index in [4.69, 9.17) is 34.4 Å². The van der Waals surface area contributed by atoms with Crippen LogP contribution in [0.5, 0.6) is 5.75 Å². The average Bonchev–Trinajstić information content (AvgIpc) is 3.76. The Morgan fingerprint density at radius 3 is 1.38 bits per heavy atom. The third-order valence-electron chi connectivity index (χ3n) is 7.76. The second-order valence-corrected chi connectivity index (χ2v) is 11.7. The zero-order valence-corrected chi connectivity index (χ0v) is 23.9. The first-order valence-electron chi connectivity index (χ1n) is 13.9. The van der Waals surface area contributed by atoms with Crippen LogP contribution in [-0.4, -0.2) is 49.7 Å². The summed E-state index contributed by atoms with van der Waals surface area (Å²) in [6.07, 6.45) is 0. The number of phosphoric acid groups is 1. The standard InChI is InChI=1S/C32H19N8O4P/c41-45(42,43)44-23-15-7-14-22-24(23)32-39-30-21-13-6-5-12-20(21)28(37-30)35-26-17-9-2-1-8-16(17)25(33-26)34-27-18-10-3-4-11-19(18)29(36-27)38-31(22)40-32/h1-15H,(H2,41,42,43)(H2,33,34,35,36,37,38,39,40). The number of phosphoric ester groups is 1. The summed E-state index contributed by atoms with van der Waals surface area (Å²) in [4.78, 5) is 55.4. The second-order valence-electron chi connectivity index (χ2n) is 10.5. The number of benzene rings is 4. The minimum Gasteiger partial charge on any atom is -0.403 e. The van der Waals surface area contributed by atoms with Crippen LogP contribution in [0.4, 0.5) is 0 Å². The van der Waals surface area contributed by atoms with Gasteiger partial charge >= 0.3 is 7.82 Å². The van der Waals surface area contributed by atoms with Crippen molar-refractivity contribution in [1.82, 2.24) is 39.9 Å². The molecule has 5 heterocycles. The van der Waals surface area contributed by atoms with Gasteiger partial charge in [-0.15, -0.1) is 0 Å². The Hall–Kier alpha value is -5.81. The van der Waals surface area contributed by atoms with E-state index in [0.717, 1.165) is 33.0 Å². The van der Waals surface area contributed by atoms with Crippen molar-refractivity contribution in [3.8, 4) is 51.3 Å². The molecule has 0 spiro atoms. The first kappa shape index (κ1) is 25.7. The van der Waals surface area contributed by atoms with Gasteiger partial charge in [0.2, 0.25) is 0 Å². The molecule has 4 N–H and O–H groups in total. The highest BCUT2D eigenvalue weighted by molar-refractivity contribution is 7.46. The Morgan fingerprint density at radius 2 is 0.889 bits per heavy atom. The molecule has 13 heteroatoms. The van der Waals surface area contributed by atoms with E-state index in [9.17, 15) is 14.4 Å². The Labute approximate surface area is 252 Å². The quantitative estimate of drug-likeness (QED) is 0.162. The first-order valence-corrected chi connectivity index (χ1v) is 15.4. The van der Waals surface area contributed by atoms with Crippen LogP contribution in [0, 0.1) is 0 Å².